The summed E-state index contributed by atoms with van der Waals surface area (Å²) in [4.78, 5) is 33.4. The quantitative estimate of drug-likeness (QED) is 0.613. The van der Waals surface area contributed by atoms with Crippen LogP contribution in [0.3, 0.4) is 0 Å². The molecular formula is C14H17ClN4O4. The minimum atomic E-state index is -0.492. The summed E-state index contributed by atoms with van der Waals surface area (Å²) in [5, 5.41) is 2.76. The van der Waals surface area contributed by atoms with Crippen molar-refractivity contribution in [1.29, 1.82) is 0 Å². The molecule has 1 saturated heterocycles. The molecule has 0 bridgehead atoms. The van der Waals surface area contributed by atoms with E-state index >= 15 is 0 Å². The van der Waals surface area contributed by atoms with Crippen molar-refractivity contribution in [1.82, 2.24) is 15.3 Å². The lowest BCUT2D eigenvalue weighted by Crippen LogP contribution is -2.37. The molecule has 23 heavy (non-hydrogen) atoms. The van der Waals surface area contributed by atoms with Gasteiger partial charge in [0.25, 0.3) is 5.91 Å². The second-order valence-electron chi connectivity index (χ2n) is 4.60. The summed E-state index contributed by atoms with van der Waals surface area (Å²) in [6.07, 6.45) is 4.10. The van der Waals surface area contributed by atoms with Crippen molar-refractivity contribution in [2.45, 2.75) is 0 Å². The fourth-order valence-corrected chi connectivity index (χ4v) is 2.07. The van der Waals surface area contributed by atoms with Crippen LogP contribution < -0.4 is 10.2 Å². The molecule has 0 radical (unpaired) electrons. The molecule has 1 aliphatic rings. The number of amides is 1. The molecule has 1 aromatic rings. The number of carbonyl (C=O) groups is 2. The Bertz CT molecular complexity index is 602. The van der Waals surface area contributed by atoms with E-state index in [-0.39, 0.29) is 17.3 Å². The van der Waals surface area contributed by atoms with Crippen LogP contribution in [0.2, 0.25) is 5.02 Å². The Labute approximate surface area is 138 Å². The topological polar surface area (TPSA) is 93.6 Å². The van der Waals surface area contributed by atoms with Gasteiger partial charge in [-0.3, -0.25) is 4.79 Å². The summed E-state index contributed by atoms with van der Waals surface area (Å²) >= 11 is 5.99. The van der Waals surface area contributed by atoms with Crippen molar-refractivity contribution in [2.24, 2.45) is 0 Å². The van der Waals surface area contributed by atoms with Crippen LogP contribution in [-0.4, -0.2) is 61.8 Å². The number of hydrogen-bond acceptors (Lipinski definition) is 7. The highest BCUT2D eigenvalue weighted by molar-refractivity contribution is 6.33. The minimum absolute atomic E-state index is 0.0922. The zero-order valence-corrected chi connectivity index (χ0v) is 13.4. The number of halogens is 1. The maximum Gasteiger partial charge on any atom is 0.330 e. The van der Waals surface area contributed by atoms with Crippen LogP contribution in [0.5, 0.6) is 0 Å². The zero-order chi connectivity index (χ0) is 16.7. The van der Waals surface area contributed by atoms with Gasteiger partial charge in [0.2, 0.25) is 5.95 Å². The SMILES string of the molecule is COC(=O)/C=C/CNC(=O)c1nc(N2CCOCC2)ncc1Cl. The standard InChI is InChI=1S/C14H17ClN4O4/c1-22-11(20)3-2-4-16-13(21)12-10(15)9-17-14(18-12)19-5-7-23-8-6-19/h2-3,9H,4-8H2,1H3,(H,16,21)/b3-2+. The Balaban J connectivity index is 2.01. The molecule has 0 spiro atoms. The molecule has 0 aliphatic carbocycles. The van der Waals surface area contributed by atoms with E-state index in [1.165, 1.54) is 25.5 Å². The lowest BCUT2D eigenvalue weighted by molar-refractivity contribution is -0.134. The normalized spacial score (nSPS) is 14.8. The fourth-order valence-electron chi connectivity index (χ4n) is 1.89. The van der Waals surface area contributed by atoms with Gasteiger partial charge >= 0.3 is 5.97 Å². The molecule has 8 nitrogen and oxygen atoms in total. The van der Waals surface area contributed by atoms with Gasteiger partial charge in [-0.05, 0) is 0 Å². The van der Waals surface area contributed by atoms with Crippen molar-refractivity contribution in [3.05, 3.63) is 29.1 Å². The van der Waals surface area contributed by atoms with Gasteiger partial charge in [-0.2, -0.15) is 0 Å². The molecule has 124 valence electrons. The maximum atomic E-state index is 12.1. The van der Waals surface area contributed by atoms with Crippen LogP contribution in [0, 0.1) is 0 Å². The van der Waals surface area contributed by atoms with E-state index in [9.17, 15) is 9.59 Å². The summed E-state index contributed by atoms with van der Waals surface area (Å²) in [5.41, 5.74) is 0.0922. The van der Waals surface area contributed by atoms with Gasteiger partial charge in [-0.25, -0.2) is 14.8 Å². The molecule has 1 aromatic heterocycles. The van der Waals surface area contributed by atoms with Crippen LogP contribution >= 0.6 is 11.6 Å². The number of nitrogens with zero attached hydrogens (tertiary/aromatic N) is 3. The van der Waals surface area contributed by atoms with Crippen LogP contribution in [0.25, 0.3) is 0 Å². The third-order valence-electron chi connectivity index (χ3n) is 3.08. The second-order valence-corrected chi connectivity index (χ2v) is 5.01. The first-order chi connectivity index (χ1) is 11.1. The Kier molecular flexibility index (Phi) is 6.30. The van der Waals surface area contributed by atoms with E-state index in [0.717, 1.165) is 0 Å². The van der Waals surface area contributed by atoms with Gasteiger partial charge in [-0.15, -0.1) is 0 Å². The van der Waals surface area contributed by atoms with E-state index in [2.05, 4.69) is 20.0 Å². The largest absolute Gasteiger partial charge is 0.466 e. The van der Waals surface area contributed by atoms with Gasteiger partial charge in [0, 0.05) is 25.7 Å². The highest BCUT2D eigenvalue weighted by Crippen LogP contribution is 2.17. The van der Waals surface area contributed by atoms with Gasteiger partial charge in [-0.1, -0.05) is 17.7 Å². The smallest absolute Gasteiger partial charge is 0.330 e. The second kappa shape index (κ2) is 8.44. The molecule has 1 fully saturated rings. The molecular weight excluding hydrogens is 324 g/mol. The van der Waals surface area contributed by atoms with E-state index in [1.54, 1.807) is 0 Å². The number of morpholine rings is 1. The van der Waals surface area contributed by atoms with Crippen LogP contribution in [0.4, 0.5) is 5.95 Å². The Hall–Kier alpha value is -2.19. The number of esters is 1. The van der Waals surface area contributed by atoms with E-state index in [4.69, 9.17) is 16.3 Å². The number of methoxy groups -OCH3 is 1. The number of carbonyl (C=O) groups excluding carboxylic acids is 2. The maximum absolute atomic E-state index is 12.1. The number of anilines is 1. The summed E-state index contributed by atoms with van der Waals surface area (Å²) in [6.45, 7) is 2.65. The Morgan fingerprint density at radius 2 is 2.22 bits per heavy atom. The number of nitrogens with one attached hydrogen (secondary N) is 1. The third-order valence-corrected chi connectivity index (χ3v) is 3.35. The monoisotopic (exact) mass is 340 g/mol. The molecule has 2 rings (SSSR count). The summed E-state index contributed by atoms with van der Waals surface area (Å²) in [7, 11) is 1.28. The first-order valence-electron chi connectivity index (χ1n) is 6.99. The molecule has 0 saturated carbocycles. The summed E-state index contributed by atoms with van der Waals surface area (Å²) < 4.78 is 9.72. The number of rotatable bonds is 5. The zero-order valence-electron chi connectivity index (χ0n) is 12.6. The average Bonchev–Trinajstić information content (AvgIpc) is 2.59. The predicted molar refractivity (Wildman–Crippen MR) is 83.6 cm³/mol. The summed E-state index contributed by atoms with van der Waals surface area (Å²) in [6, 6.07) is 0. The van der Waals surface area contributed by atoms with Crippen molar-refractivity contribution < 1.29 is 19.1 Å². The third kappa shape index (κ3) is 4.90. The molecule has 0 unspecified atom stereocenters. The van der Waals surface area contributed by atoms with Crippen LogP contribution in [-0.2, 0) is 14.3 Å². The lowest BCUT2D eigenvalue weighted by atomic mass is 10.3. The lowest BCUT2D eigenvalue weighted by Gasteiger charge is -2.26. The van der Waals surface area contributed by atoms with Crippen molar-refractivity contribution >= 4 is 29.4 Å². The van der Waals surface area contributed by atoms with Gasteiger partial charge in [0.15, 0.2) is 5.69 Å². The molecule has 0 atom stereocenters. The number of hydrogen-bond donors (Lipinski definition) is 1. The van der Waals surface area contributed by atoms with Gasteiger partial charge in [0.1, 0.15) is 0 Å². The highest BCUT2D eigenvalue weighted by Gasteiger charge is 2.18. The molecule has 1 amide bonds. The molecule has 2 heterocycles. The van der Waals surface area contributed by atoms with Crippen LogP contribution in [0.1, 0.15) is 10.5 Å². The van der Waals surface area contributed by atoms with Crippen LogP contribution in [0.15, 0.2) is 18.3 Å². The summed E-state index contributed by atoms with van der Waals surface area (Å²) in [5.74, 6) is -0.497. The predicted octanol–water partition coefficient (Wildman–Crippen LogP) is 0.426. The first-order valence-corrected chi connectivity index (χ1v) is 7.37. The molecule has 9 heteroatoms. The van der Waals surface area contributed by atoms with E-state index < -0.39 is 11.9 Å². The average molecular weight is 341 g/mol. The first kappa shape index (κ1) is 17.2. The van der Waals surface area contributed by atoms with Gasteiger partial charge < -0.3 is 19.7 Å². The fraction of sp³-hybridized carbons (Fsp3) is 0.429. The van der Waals surface area contributed by atoms with E-state index in [1.807, 2.05) is 4.90 Å². The number of ether oxygens (including phenoxy) is 2. The number of aromatic nitrogens is 2. The molecule has 0 aromatic carbocycles. The molecule has 1 N–H and O–H groups in total. The van der Waals surface area contributed by atoms with Gasteiger partial charge in [0.05, 0.1) is 31.5 Å². The Morgan fingerprint density at radius 3 is 2.91 bits per heavy atom. The highest BCUT2D eigenvalue weighted by atomic mass is 35.5. The van der Waals surface area contributed by atoms with E-state index in [0.29, 0.717) is 32.3 Å². The minimum Gasteiger partial charge on any atom is -0.466 e. The van der Waals surface area contributed by atoms with Crippen molar-refractivity contribution in [2.75, 3.05) is 44.9 Å². The van der Waals surface area contributed by atoms with Crippen molar-refractivity contribution in [3.8, 4) is 0 Å². The van der Waals surface area contributed by atoms with Crippen molar-refractivity contribution in [3.63, 3.8) is 0 Å². The Morgan fingerprint density at radius 1 is 1.48 bits per heavy atom. The molecule has 1 aliphatic heterocycles.